The minimum Gasteiger partial charge on any atom is -0.396 e. The molecule has 104 valence electrons. The van der Waals surface area contributed by atoms with Crippen LogP contribution in [-0.4, -0.2) is 29.7 Å². The zero-order chi connectivity index (χ0) is 13.8. The van der Waals surface area contributed by atoms with Crippen molar-refractivity contribution in [1.29, 1.82) is 0 Å². The average Bonchev–Trinajstić information content (AvgIpc) is 2.92. The smallest absolute Gasteiger partial charge is 0.292 e. The Morgan fingerprint density at radius 2 is 2.11 bits per heavy atom. The van der Waals surface area contributed by atoms with Crippen molar-refractivity contribution in [3.63, 3.8) is 0 Å². The Morgan fingerprint density at radius 1 is 1.42 bits per heavy atom. The van der Waals surface area contributed by atoms with E-state index in [2.05, 4.69) is 0 Å². The molecule has 1 aromatic rings. The number of aliphatic hydroxyl groups is 1. The highest BCUT2D eigenvalue weighted by Crippen LogP contribution is 2.33. The average molecular weight is 265 g/mol. The van der Waals surface area contributed by atoms with Gasteiger partial charge in [-0.15, -0.1) is 0 Å². The molecule has 0 radical (unpaired) electrons. The maximum atomic E-state index is 11.2. The standard InChI is InChI=1S/C13H19N3O3/c14-11(5-8-17)10-3-4-12(13(9-10)16(18)19)15-6-1-2-7-15/h3-4,9,11,17H,1-2,5-8,14H2. The van der Waals surface area contributed by atoms with Crippen molar-refractivity contribution in [2.45, 2.75) is 25.3 Å². The second-order valence-electron chi connectivity index (χ2n) is 4.82. The van der Waals surface area contributed by atoms with Crippen molar-refractivity contribution in [1.82, 2.24) is 0 Å². The van der Waals surface area contributed by atoms with Gasteiger partial charge in [-0.25, -0.2) is 0 Å². The predicted octanol–water partition coefficient (Wildman–Crippen LogP) is 1.58. The van der Waals surface area contributed by atoms with E-state index < -0.39 is 0 Å². The van der Waals surface area contributed by atoms with Gasteiger partial charge in [0.15, 0.2) is 0 Å². The summed E-state index contributed by atoms with van der Waals surface area (Å²) in [6.07, 6.45) is 2.55. The van der Waals surface area contributed by atoms with Gasteiger partial charge in [0.25, 0.3) is 5.69 Å². The summed E-state index contributed by atoms with van der Waals surface area (Å²) in [5.74, 6) is 0. The second kappa shape index (κ2) is 5.99. The molecule has 1 fully saturated rings. The lowest BCUT2D eigenvalue weighted by molar-refractivity contribution is -0.384. The molecule has 0 amide bonds. The summed E-state index contributed by atoms with van der Waals surface area (Å²) in [7, 11) is 0. The van der Waals surface area contributed by atoms with Gasteiger partial charge in [-0.2, -0.15) is 0 Å². The molecular weight excluding hydrogens is 246 g/mol. The molecule has 0 aromatic heterocycles. The number of anilines is 1. The van der Waals surface area contributed by atoms with Crippen molar-refractivity contribution in [3.8, 4) is 0 Å². The quantitative estimate of drug-likeness (QED) is 0.622. The molecule has 0 bridgehead atoms. The van der Waals surface area contributed by atoms with E-state index in [4.69, 9.17) is 10.8 Å². The fourth-order valence-electron chi connectivity index (χ4n) is 2.45. The van der Waals surface area contributed by atoms with Crippen molar-refractivity contribution in [2.24, 2.45) is 5.73 Å². The van der Waals surface area contributed by atoms with E-state index in [1.54, 1.807) is 6.07 Å². The van der Waals surface area contributed by atoms with Crippen LogP contribution in [0.1, 0.15) is 30.9 Å². The molecule has 1 saturated heterocycles. The molecule has 0 spiro atoms. The number of rotatable bonds is 5. The van der Waals surface area contributed by atoms with Crippen molar-refractivity contribution >= 4 is 11.4 Å². The lowest BCUT2D eigenvalue weighted by Crippen LogP contribution is -2.19. The van der Waals surface area contributed by atoms with Gasteiger partial charge in [0.05, 0.1) is 4.92 Å². The van der Waals surface area contributed by atoms with Crippen molar-refractivity contribution in [2.75, 3.05) is 24.6 Å². The normalized spacial score (nSPS) is 16.6. The Morgan fingerprint density at radius 3 is 2.68 bits per heavy atom. The highest BCUT2D eigenvalue weighted by Gasteiger charge is 2.23. The molecular formula is C13H19N3O3. The molecule has 6 heteroatoms. The van der Waals surface area contributed by atoms with Crippen LogP contribution in [-0.2, 0) is 0 Å². The first-order chi connectivity index (χ1) is 9.13. The summed E-state index contributed by atoms with van der Waals surface area (Å²) >= 11 is 0. The molecule has 1 aromatic carbocycles. The molecule has 3 N–H and O–H groups in total. The van der Waals surface area contributed by atoms with Crippen LogP contribution >= 0.6 is 0 Å². The summed E-state index contributed by atoms with van der Waals surface area (Å²) in [5.41, 5.74) is 7.35. The largest absolute Gasteiger partial charge is 0.396 e. The van der Waals surface area contributed by atoms with E-state index >= 15 is 0 Å². The fourth-order valence-corrected chi connectivity index (χ4v) is 2.45. The molecule has 19 heavy (non-hydrogen) atoms. The molecule has 1 aliphatic heterocycles. The monoisotopic (exact) mass is 265 g/mol. The Bertz CT molecular complexity index is 458. The Balaban J connectivity index is 2.32. The van der Waals surface area contributed by atoms with E-state index in [0.29, 0.717) is 17.7 Å². The van der Waals surface area contributed by atoms with E-state index in [9.17, 15) is 10.1 Å². The number of nitrogens with two attached hydrogens (primary N) is 1. The number of nitro groups is 1. The van der Waals surface area contributed by atoms with Crippen LogP contribution in [0.4, 0.5) is 11.4 Å². The van der Waals surface area contributed by atoms with Crippen LogP contribution in [0.3, 0.4) is 0 Å². The number of nitro benzene ring substituents is 1. The molecule has 6 nitrogen and oxygen atoms in total. The highest BCUT2D eigenvalue weighted by atomic mass is 16.6. The third-order valence-corrected chi connectivity index (χ3v) is 3.51. The highest BCUT2D eigenvalue weighted by molar-refractivity contribution is 5.65. The first-order valence-corrected chi connectivity index (χ1v) is 6.53. The van der Waals surface area contributed by atoms with Crippen molar-refractivity contribution in [3.05, 3.63) is 33.9 Å². The van der Waals surface area contributed by atoms with Gasteiger partial charge in [-0.3, -0.25) is 10.1 Å². The zero-order valence-corrected chi connectivity index (χ0v) is 10.8. The summed E-state index contributed by atoms with van der Waals surface area (Å²) in [4.78, 5) is 12.9. The minimum absolute atomic E-state index is 0.0250. The van der Waals surface area contributed by atoms with Crippen molar-refractivity contribution < 1.29 is 10.0 Å². The van der Waals surface area contributed by atoms with Crippen LogP contribution in [0.25, 0.3) is 0 Å². The van der Waals surface area contributed by atoms with Gasteiger partial charge in [0.1, 0.15) is 5.69 Å². The van der Waals surface area contributed by atoms with Gasteiger partial charge < -0.3 is 15.7 Å². The minimum atomic E-state index is -0.365. The summed E-state index contributed by atoms with van der Waals surface area (Å²) in [6.45, 7) is 1.70. The topological polar surface area (TPSA) is 92.6 Å². The second-order valence-corrected chi connectivity index (χ2v) is 4.82. The Kier molecular flexibility index (Phi) is 4.34. The van der Waals surface area contributed by atoms with E-state index in [0.717, 1.165) is 25.9 Å². The molecule has 1 atom stereocenters. The summed E-state index contributed by atoms with van der Waals surface area (Å²) in [6, 6.07) is 4.77. The maximum absolute atomic E-state index is 11.2. The Labute approximate surface area is 112 Å². The first-order valence-electron chi connectivity index (χ1n) is 6.53. The van der Waals surface area contributed by atoms with Gasteiger partial charge in [0, 0.05) is 31.8 Å². The summed E-state index contributed by atoms with van der Waals surface area (Å²) in [5, 5.41) is 20.1. The fraction of sp³-hybridized carbons (Fsp3) is 0.538. The molecule has 1 heterocycles. The number of aliphatic hydroxyl groups excluding tert-OH is 1. The van der Waals surface area contributed by atoms with Gasteiger partial charge in [0.2, 0.25) is 0 Å². The van der Waals surface area contributed by atoms with Gasteiger partial charge >= 0.3 is 0 Å². The molecule has 2 rings (SSSR count). The molecule has 0 saturated carbocycles. The Hall–Kier alpha value is -1.66. The third kappa shape index (κ3) is 3.02. The molecule has 1 unspecified atom stereocenters. The van der Waals surface area contributed by atoms with Crippen LogP contribution in [0.15, 0.2) is 18.2 Å². The third-order valence-electron chi connectivity index (χ3n) is 3.51. The van der Waals surface area contributed by atoms with Crippen LogP contribution in [0.2, 0.25) is 0 Å². The van der Waals surface area contributed by atoms with Gasteiger partial charge in [-0.05, 0) is 30.9 Å². The molecule has 0 aliphatic carbocycles. The SMILES string of the molecule is NC(CCO)c1ccc(N2CCCC2)c([N+](=O)[O-])c1. The van der Waals surface area contributed by atoms with E-state index in [1.807, 2.05) is 11.0 Å². The number of hydrogen-bond donors (Lipinski definition) is 2. The maximum Gasteiger partial charge on any atom is 0.292 e. The van der Waals surface area contributed by atoms with Crippen LogP contribution < -0.4 is 10.6 Å². The van der Waals surface area contributed by atoms with Crippen LogP contribution in [0.5, 0.6) is 0 Å². The zero-order valence-electron chi connectivity index (χ0n) is 10.8. The van der Waals surface area contributed by atoms with Crippen LogP contribution in [0, 0.1) is 10.1 Å². The molecule has 1 aliphatic rings. The van der Waals surface area contributed by atoms with E-state index in [1.165, 1.54) is 6.07 Å². The number of nitrogens with zero attached hydrogens (tertiary/aromatic N) is 2. The van der Waals surface area contributed by atoms with E-state index in [-0.39, 0.29) is 23.3 Å². The first kappa shape index (κ1) is 13.8. The number of benzene rings is 1. The predicted molar refractivity (Wildman–Crippen MR) is 73.2 cm³/mol. The lowest BCUT2D eigenvalue weighted by atomic mass is 10.0. The van der Waals surface area contributed by atoms with Gasteiger partial charge in [-0.1, -0.05) is 6.07 Å². The number of hydrogen-bond acceptors (Lipinski definition) is 5. The lowest BCUT2D eigenvalue weighted by Gasteiger charge is -2.19. The summed E-state index contributed by atoms with van der Waals surface area (Å²) < 4.78 is 0.